The molecule has 2 unspecified atom stereocenters. The first-order valence-electron chi connectivity index (χ1n) is 7.38. The second-order valence-corrected chi connectivity index (χ2v) is 6.27. The summed E-state index contributed by atoms with van der Waals surface area (Å²) in [5, 5.41) is 11.6. The highest BCUT2D eigenvalue weighted by Crippen LogP contribution is 2.33. The van der Waals surface area contributed by atoms with E-state index in [-0.39, 0.29) is 16.7 Å². The molecule has 0 amide bonds. The molecular formula is C14H19ClN4O2. The minimum atomic E-state index is -0.376. The van der Waals surface area contributed by atoms with E-state index in [1.807, 2.05) is 0 Å². The molecule has 1 aromatic rings. The van der Waals surface area contributed by atoms with Crippen molar-refractivity contribution in [3.8, 4) is 0 Å². The Labute approximate surface area is 128 Å². The van der Waals surface area contributed by atoms with Crippen LogP contribution in [-0.4, -0.2) is 46.5 Å². The molecule has 114 valence electrons. The van der Waals surface area contributed by atoms with Crippen molar-refractivity contribution in [3.63, 3.8) is 0 Å². The molecule has 0 aliphatic carbocycles. The summed E-state index contributed by atoms with van der Waals surface area (Å²) in [5.41, 5.74) is 0.0375. The molecule has 2 fully saturated rings. The SMILES string of the molecule is CC1CN2CCCCC2CN1c1nc(Cl)ccc1[N+](=O)[O-]. The molecule has 0 radical (unpaired) electrons. The zero-order chi connectivity index (χ0) is 15.0. The second-order valence-electron chi connectivity index (χ2n) is 5.88. The summed E-state index contributed by atoms with van der Waals surface area (Å²) in [4.78, 5) is 19.7. The Morgan fingerprint density at radius 2 is 2.19 bits per heavy atom. The zero-order valence-corrected chi connectivity index (χ0v) is 12.8. The van der Waals surface area contributed by atoms with E-state index in [0.29, 0.717) is 17.0 Å². The van der Waals surface area contributed by atoms with Gasteiger partial charge in [0.1, 0.15) is 5.15 Å². The minimum Gasteiger partial charge on any atom is -0.345 e. The van der Waals surface area contributed by atoms with Gasteiger partial charge in [0.05, 0.1) is 4.92 Å². The number of fused-ring (bicyclic) bond motifs is 1. The molecule has 0 bridgehead atoms. The van der Waals surface area contributed by atoms with Gasteiger partial charge in [0.25, 0.3) is 0 Å². The molecule has 2 aliphatic rings. The molecular weight excluding hydrogens is 292 g/mol. The number of nitro groups is 1. The van der Waals surface area contributed by atoms with Crippen LogP contribution in [0, 0.1) is 10.1 Å². The van der Waals surface area contributed by atoms with Crippen LogP contribution >= 0.6 is 11.6 Å². The molecule has 2 atom stereocenters. The Bertz CT molecular complexity index is 554. The van der Waals surface area contributed by atoms with Gasteiger partial charge < -0.3 is 4.90 Å². The highest BCUT2D eigenvalue weighted by atomic mass is 35.5. The number of rotatable bonds is 2. The van der Waals surface area contributed by atoms with Gasteiger partial charge in [-0.05, 0) is 32.4 Å². The van der Waals surface area contributed by atoms with Crippen LogP contribution in [0.25, 0.3) is 0 Å². The number of hydrogen-bond acceptors (Lipinski definition) is 5. The number of hydrogen-bond donors (Lipinski definition) is 0. The van der Waals surface area contributed by atoms with E-state index in [9.17, 15) is 10.1 Å². The van der Waals surface area contributed by atoms with Crippen LogP contribution in [0.4, 0.5) is 11.5 Å². The van der Waals surface area contributed by atoms with Crippen molar-refractivity contribution in [2.24, 2.45) is 0 Å². The van der Waals surface area contributed by atoms with Crippen molar-refractivity contribution in [1.82, 2.24) is 9.88 Å². The van der Waals surface area contributed by atoms with Gasteiger partial charge in [0.2, 0.25) is 5.82 Å². The van der Waals surface area contributed by atoms with Crippen LogP contribution in [0.1, 0.15) is 26.2 Å². The van der Waals surface area contributed by atoms with E-state index in [2.05, 4.69) is 21.7 Å². The number of anilines is 1. The van der Waals surface area contributed by atoms with Gasteiger partial charge in [0, 0.05) is 31.2 Å². The number of piperazine rings is 1. The van der Waals surface area contributed by atoms with Gasteiger partial charge in [-0.3, -0.25) is 15.0 Å². The van der Waals surface area contributed by atoms with Crippen LogP contribution in [-0.2, 0) is 0 Å². The van der Waals surface area contributed by atoms with Gasteiger partial charge in [-0.2, -0.15) is 0 Å². The first kappa shape index (κ1) is 14.5. The lowest BCUT2D eigenvalue weighted by Gasteiger charge is -2.47. The second kappa shape index (κ2) is 5.77. The molecule has 2 saturated heterocycles. The fourth-order valence-electron chi connectivity index (χ4n) is 3.42. The van der Waals surface area contributed by atoms with E-state index in [1.165, 1.54) is 25.0 Å². The number of pyridine rings is 1. The molecule has 0 N–H and O–H groups in total. The average Bonchev–Trinajstić information content (AvgIpc) is 2.46. The minimum absolute atomic E-state index is 0.0375. The van der Waals surface area contributed by atoms with Crippen molar-refractivity contribution in [2.45, 2.75) is 38.3 Å². The highest BCUT2D eigenvalue weighted by Gasteiger charge is 2.36. The summed E-state index contributed by atoms with van der Waals surface area (Å²) < 4.78 is 0. The number of piperidine rings is 1. The predicted molar refractivity (Wildman–Crippen MR) is 81.9 cm³/mol. The standard InChI is InChI=1S/C14H19ClN4O2/c1-10-8-17-7-3-2-4-11(17)9-18(10)14-12(19(20)21)5-6-13(15)16-14/h5-6,10-11H,2-4,7-9H2,1H3. The topological polar surface area (TPSA) is 62.5 Å². The van der Waals surface area contributed by atoms with Crippen LogP contribution in [0.3, 0.4) is 0 Å². The van der Waals surface area contributed by atoms with Crippen molar-refractivity contribution < 1.29 is 4.92 Å². The summed E-state index contributed by atoms with van der Waals surface area (Å²) in [6.45, 7) is 4.94. The lowest BCUT2D eigenvalue weighted by Crippen LogP contribution is -2.59. The molecule has 7 heteroatoms. The van der Waals surface area contributed by atoms with Gasteiger partial charge in [0.15, 0.2) is 0 Å². The van der Waals surface area contributed by atoms with E-state index in [1.54, 1.807) is 0 Å². The Morgan fingerprint density at radius 3 is 2.95 bits per heavy atom. The van der Waals surface area contributed by atoms with E-state index in [4.69, 9.17) is 11.6 Å². The smallest absolute Gasteiger partial charge is 0.311 e. The van der Waals surface area contributed by atoms with E-state index >= 15 is 0 Å². The molecule has 3 rings (SSSR count). The third-order valence-electron chi connectivity index (χ3n) is 4.48. The van der Waals surface area contributed by atoms with E-state index < -0.39 is 0 Å². The van der Waals surface area contributed by atoms with Crippen LogP contribution < -0.4 is 4.90 Å². The van der Waals surface area contributed by atoms with Gasteiger partial charge in [-0.25, -0.2) is 4.98 Å². The fraction of sp³-hybridized carbons (Fsp3) is 0.643. The molecule has 0 aromatic carbocycles. The molecule has 21 heavy (non-hydrogen) atoms. The summed E-state index contributed by atoms with van der Waals surface area (Å²) in [7, 11) is 0. The van der Waals surface area contributed by atoms with Gasteiger partial charge >= 0.3 is 5.69 Å². The van der Waals surface area contributed by atoms with Crippen molar-refractivity contribution >= 4 is 23.1 Å². The van der Waals surface area contributed by atoms with Crippen LogP contribution in [0.15, 0.2) is 12.1 Å². The van der Waals surface area contributed by atoms with Crippen molar-refractivity contribution in [1.29, 1.82) is 0 Å². The first-order chi connectivity index (χ1) is 10.1. The third kappa shape index (κ3) is 2.82. The Hall–Kier alpha value is -1.40. The quantitative estimate of drug-likeness (QED) is 0.477. The lowest BCUT2D eigenvalue weighted by molar-refractivity contribution is -0.384. The molecule has 6 nitrogen and oxygen atoms in total. The molecule has 3 heterocycles. The Balaban J connectivity index is 1.92. The zero-order valence-electron chi connectivity index (χ0n) is 12.0. The Morgan fingerprint density at radius 1 is 1.38 bits per heavy atom. The van der Waals surface area contributed by atoms with Crippen LogP contribution in [0.5, 0.6) is 0 Å². The number of nitrogens with zero attached hydrogens (tertiary/aromatic N) is 4. The predicted octanol–water partition coefficient (Wildman–Crippen LogP) is 2.71. The summed E-state index contributed by atoms with van der Waals surface area (Å²) in [6.07, 6.45) is 3.63. The molecule has 2 aliphatic heterocycles. The maximum Gasteiger partial charge on any atom is 0.311 e. The van der Waals surface area contributed by atoms with Crippen molar-refractivity contribution in [3.05, 3.63) is 27.4 Å². The normalized spacial score (nSPS) is 26.5. The van der Waals surface area contributed by atoms with Gasteiger partial charge in [-0.15, -0.1) is 0 Å². The molecule has 0 spiro atoms. The summed E-state index contributed by atoms with van der Waals surface area (Å²) in [6, 6.07) is 3.59. The summed E-state index contributed by atoms with van der Waals surface area (Å²) in [5.74, 6) is 0.408. The average molecular weight is 311 g/mol. The third-order valence-corrected chi connectivity index (χ3v) is 4.69. The maximum atomic E-state index is 11.3. The van der Waals surface area contributed by atoms with E-state index in [0.717, 1.165) is 26.1 Å². The van der Waals surface area contributed by atoms with Gasteiger partial charge in [-0.1, -0.05) is 18.0 Å². The number of aromatic nitrogens is 1. The highest BCUT2D eigenvalue weighted by molar-refractivity contribution is 6.29. The largest absolute Gasteiger partial charge is 0.345 e. The van der Waals surface area contributed by atoms with Crippen molar-refractivity contribution in [2.75, 3.05) is 24.5 Å². The lowest BCUT2D eigenvalue weighted by atomic mass is 9.97. The number of halogens is 1. The van der Waals surface area contributed by atoms with Crippen LogP contribution in [0.2, 0.25) is 5.15 Å². The first-order valence-corrected chi connectivity index (χ1v) is 7.75. The Kier molecular flexibility index (Phi) is 3.99. The molecule has 0 saturated carbocycles. The fourth-order valence-corrected chi connectivity index (χ4v) is 3.56. The maximum absolute atomic E-state index is 11.3. The molecule has 1 aromatic heterocycles. The summed E-state index contributed by atoms with van der Waals surface area (Å²) >= 11 is 5.96. The monoisotopic (exact) mass is 310 g/mol.